The number of alkyl carbamates (subject to hydrolysis) is 1. The van der Waals surface area contributed by atoms with Gasteiger partial charge in [-0.2, -0.15) is 0 Å². The summed E-state index contributed by atoms with van der Waals surface area (Å²) in [5, 5.41) is 2.79. The Bertz CT molecular complexity index is 1580. The number of carbonyl (C=O) groups excluding carboxylic acids is 1. The molecule has 1 N–H and O–H groups in total. The fraction of sp³-hybridized carbons (Fsp3) is 0.267. The van der Waals surface area contributed by atoms with Crippen molar-refractivity contribution in [3.8, 4) is 11.1 Å². The van der Waals surface area contributed by atoms with Crippen molar-refractivity contribution in [1.82, 2.24) is 19.4 Å². The van der Waals surface area contributed by atoms with Gasteiger partial charge in [-0.05, 0) is 51.5 Å². The zero-order valence-corrected chi connectivity index (χ0v) is 22.3. The molecular formula is C30H31FN4O4. The van der Waals surface area contributed by atoms with Gasteiger partial charge in [0.25, 0.3) is 5.56 Å². The Balaban J connectivity index is 1.88. The highest BCUT2D eigenvalue weighted by atomic mass is 19.1. The number of pyridine rings is 1. The molecule has 8 nitrogen and oxygen atoms in total. The molecule has 1 atom stereocenters. The lowest BCUT2D eigenvalue weighted by atomic mass is 10.0. The second-order valence-corrected chi connectivity index (χ2v) is 10.2. The molecule has 2 aromatic heterocycles. The third-order valence-electron chi connectivity index (χ3n) is 6.14. The van der Waals surface area contributed by atoms with Gasteiger partial charge in [-0.25, -0.2) is 14.0 Å². The number of halogens is 1. The van der Waals surface area contributed by atoms with Crippen LogP contribution in [0.4, 0.5) is 9.18 Å². The van der Waals surface area contributed by atoms with E-state index in [0.29, 0.717) is 17.0 Å². The summed E-state index contributed by atoms with van der Waals surface area (Å²) >= 11 is 0. The van der Waals surface area contributed by atoms with Crippen LogP contribution in [-0.4, -0.2) is 25.8 Å². The second kappa shape index (κ2) is 11.5. The van der Waals surface area contributed by atoms with Gasteiger partial charge in [0.05, 0.1) is 30.4 Å². The summed E-state index contributed by atoms with van der Waals surface area (Å²) in [5.41, 5.74) is -0.292. The van der Waals surface area contributed by atoms with Gasteiger partial charge in [0, 0.05) is 17.5 Å². The number of carbonyl (C=O) groups is 1. The topological polar surface area (TPSA) is 95.2 Å². The molecule has 0 bridgehead atoms. The molecule has 0 aliphatic heterocycles. The molecule has 1 amide bonds. The van der Waals surface area contributed by atoms with Crippen LogP contribution in [0.25, 0.3) is 11.1 Å². The SMILES string of the molecule is Cc1c(-c2ccccc2F)c(=O)n(C[C@H](NC(=O)OC(C)(C)C)c2ccccc2)c(=O)n1Cc1ccccn1. The van der Waals surface area contributed by atoms with Crippen molar-refractivity contribution in [3.05, 3.63) is 123 Å². The molecular weight excluding hydrogens is 499 g/mol. The van der Waals surface area contributed by atoms with E-state index in [-0.39, 0.29) is 24.2 Å². The summed E-state index contributed by atoms with van der Waals surface area (Å²) in [6.07, 6.45) is 0.916. The van der Waals surface area contributed by atoms with Gasteiger partial charge in [0.15, 0.2) is 0 Å². The summed E-state index contributed by atoms with van der Waals surface area (Å²) in [7, 11) is 0. The molecule has 202 valence electrons. The van der Waals surface area contributed by atoms with Gasteiger partial charge in [-0.3, -0.25) is 18.9 Å². The van der Waals surface area contributed by atoms with E-state index in [1.54, 1.807) is 82.4 Å². The first-order chi connectivity index (χ1) is 18.5. The van der Waals surface area contributed by atoms with E-state index in [0.717, 1.165) is 4.57 Å². The van der Waals surface area contributed by atoms with Gasteiger partial charge in [-0.15, -0.1) is 0 Å². The van der Waals surface area contributed by atoms with Crippen molar-refractivity contribution >= 4 is 6.09 Å². The number of nitrogens with zero attached hydrogens (tertiary/aromatic N) is 3. The Labute approximate surface area is 225 Å². The molecule has 0 spiro atoms. The van der Waals surface area contributed by atoms with Crippen LogP contribution in [0.1, 0.15) is 43.8 Å². The number of hydrogen-bond donors (Lipinski definition) is 1. The number of aromatic nitrogens is 3. The van der Waals surface area contributed by atoms with E-state index in [1.807, 2.05) is 6.07 Å². The van der Waals surface area contributed by atoms with Gasteiger partial charge in [0.2, 0.25) is 0 Å². The second-order valence-electron chi connectivity index (χ2n) is 10.2. The van der Waals surface area contributed by atoms with E-state index >= 15 is 0 Å². The molecule has 2 aromatic carbocycles. The number of nitrogens with one attached hydrogen (secondary N) is 1. The highest BCUT2D eigenvalue weighted by molar-refractivity contribution is 5.68. The molecule has 4 rings (SSSR count). The molecule has 0 saturated carbocycles. The molecule has 0 fully saturated rings. The average Bonchev–Trinajstić information content (AvgIpc) is 2.89. The molecule has 2 heterocycles. The van der Waals surface area contributed by atoms with Crippen molar-refractivity contribution in [2.24, 2.45) is 0 Å². The van der Waals surface area contributed by atoms with Crippen molar-refractivity contribution in [1.29, 1.82) is 0 Å². The molecule has 0 aliphatic rings. The lowest BCUT2D eigenvalue weighted by molar-refractivity contribution is 0.0497. The normalized spacial score (nSPS) is 12.1. The monoisotopic (exact) mass is 530 g/mol. The first kappa shape index (κ1) is 27.5. The zero-order chi connectivity index (χ0) is 28.2. The van der Waals surface area contributed by atoms with Gasteiger partial charge >= 0.3 is 11.8 Å². The standard InChI is InChI=1S/C30H31FN4O4/c1-20-26(23-15-8-9-16-24(23)31)27(36)35(29(38)34(20)18-22-14-10-11-17-32-22)19-25(21-12-6-5-7-13-21)33-28(37)39-30(2,3)4/h5-17,25H,18-19H2,1-4H3,(H,33,37)/t25-/m0/s1. The number of hydrogen-bond acceptors (Lipinski definition) is 5. The quantitative estimate of drug-likeness (QED) is 0.369. The van der Waals surface area contributed by atoms with Crippen LogP contribution < -0.4 is 16.6 Å². The van der Waals surface area contributed by atoms with E-state index in [1.165, 1.54) is 22.8 Å². The first-order valence-electron chi connectivity index (χ1n) is 12.6. The fourth-order valence-electron chi connectivity index (χ4n) is 4.33. The minimum absolute atomic E-state index is 0.0627. The summed E-state index contributed by atoms with van der Waals surface area (Å²) in [5.74, 6) is -0.584. The minimum atomic E-state index is -0.786. The third-order valence-corrected chi connectivity index (χ3v) is 6.14. The van der Waals surface area contributed by atoms with Gasteiger partial charge < -0.3 is 10.1 Å². The van der Waals surface area contributed by atoms with Crippen LogP contribution in [0.5, 0.6) is 0 Å². The smallest absolute Gasteiger partial charge is 0.408 e. The van der Waals surface area contributed by atoms with E-state index in [2.05, 4.69) is 10.3 Å². The number of amides is 1. The summed E-state index contributed by atoms with van der Waals surface area (Å²) in [6.45, 7) is 6.71. The number of ether oxygens (including phenoxy) is 1. The Hall–Kier alpha value is -4.53. The summed E-state index contributed by atoms with van der Waals surface area (Å²) < 4.78 is 22.8. The molecule has 0 unspecified atom stereocenters. The predicted molar refractivity (Wildman–Crippen MR) is 147 cm³/mol. The Kier molecular flexibility index (Phi) is 8.09. The Morgan fingerprint density at radius 1 is 0.974 bits per heavy atom. The lowest BCUT2D eigenvalue weighted by Gasteiger charge is -2.25. The average molecular weight is 531 g/mol. The largest absolute Gasteiger partial charge is 0.444 e. The van der Waals surface area contributed by atoms with Crippen molar-refractivity contribution in [3.63, 3.8) is 0 Å². The highest BCUT2D eigenvalue weighted by Crippen LogP contribution is 2.23. The minimum Gasteiger partial charge on any atom is -0.444 e. The van der Waals surface area contributed by atoms with Crippen molar-refractivity contribution in [2.45, 2.75) is 52.4 Å². The lowest BCUT2D eigenvalue weighted by Crippen LogP contribution is -2.46. The van der Waals surface area contributed by atoms with Crippen LogP contribution in [0.15, 0.2) is 88.6 Å². The van der Waals surface area contributed by atoms with Crippen molar-refractivity contribution < 1.29 is 13.9 Å². The summed E-state index contributed by atoms with van der Waals surface area (Å²) in [6, 6.07) is 19.5. The van der Waals surface area contributed by atoms with Gasteiger partial charge in [0.1, 0.15) is 11.4 Å². The summed E-state index contributed by atoms with van der Waals surface area (Å²) in [4.78, 5) is 44.7. The maximum absolute atomic E-state index is 15.0. The Morgan fingerprint density at radius 3 is 2.28 bits per heavy atom. The molecule has 39 heavy (non-hydrogen) atoms. The highest BCUT2D eigenvalue weighted by Gasteiger charge is 2.25. The van der Waals surface area contributed by atoms with Crippen LogP contribution in [-0.2, 0) is 17.8 Å². The molecule has 0 radical (unpaired) electrons. The van der Waals surface area contributed by atoms with E-state index in [9.17, 15) is 18.8 Å². The maximum Gasteiger partial charge on any atom is 0.408 e. The molecule has 0 saturated heterocycles. The number of benzene rings is 2. The third kappa shape index (κ3) is 6.49. The van der Waals surface area contributed by atoms with E-state index in [4.69, 9.17) is 4.74 Å². The Morgan fingerprint density at radius 2 is 1.64 bits per heavy atom. The van der Waals surface area contributed by atoms with Crippen LogP contribution >= 0.6 is 0 Å². The first-order valence-corrected chi connectivity index (χ1v) is 12.6. The van der Waals surface area contributed by atoms with Gasteiger partial charge in [-0.1, -0.05) is 54.6 Å². The van der Waals surface area contributed by atoms with Crippen molar-refractivity contribution in [2.75, 3.05) is 0 Å². The maximum atomic E-state index is 15.0. The fourth-order valence-corrected chi connectivity index (χ4v) is 4.33. The number of rotatable bonds is 7. The van der Waals surface area contributed by atoms with Crippen LogP contribution in [0, 0.1) is 12.7 Å². The molecule has 9 heteroatoms. The predicted octanol–water partition coefficient (Wildman–Crippen LogP) is 4.83. The van der Waals surface area contributed by atoms with Crippen LogP contribution in [0.3, 0.4) is 0 Å². The molecule has 0 aliphatic carbocycles. The zero-order valence-electron chi connectivity index (χ0n) is 22.3. The van der Waals surface area contributed by atoms with E-state index < -0.39 is 34.8 Å². The van der Waals surface area contributed by atoms with Crippen LogP contribution in [0.2, 0.25) is 0 Å². The molecule has 4 aromatic rings.